The summed E-state index contributed by atoms with van der Waals surface area (Å²) in [5.74, 6) is 5.13. The molecule has 5 N–H and O–H groups in total. The molecule has 9 nitrogen and oxygen atoms in total. The maximum Gasteiger partial charge on any atom is 0.354 e. The zero-order valence-corrected chi connectivity index (χ0v) is 9.59. The lowest BCUT2D eigenvalue weighted by Crippen LogP contribution is -2.43. The van der Waals surface area contributed by atoms with Gasteiger partial charge in [-0.05, 0) is 19.3 Å². The van der Waals surface area contributed by atoms with Gasteiger partial charge >= 0.3 is 5.69 Å². The molecule has 0 bridgehead atoms. The molecule has 1 aromatic rings. The number of hydrogen-bond acceptors (Lipinski definition) is 8. The number of hydrogen-bond donors (Lipinski definition) is 4. The molecule has 98 valence electrons. The zero-order chi connectivity index (χ0) is 13.2. The van der Waals surface area contributed by atoms with Gasteiger partial charge in [-0.3, -0.25) is 10.1 Å². The van der Waals surface area contributed by atoms with Crippen molar-refractivity contribution in [3.63, 3.8) is 0 Å². The second kappa shape index (κ2) is 4.70. The topological polar surface area (TPSA) is 139 Å². The third kappa shape index (κ3) is 2.31. The van der Waals surface area contributed by atoms with Crippen LogP contribution in [-0.4, -0.2) is 32.1 Å². The Labute approximate surface area is 103 Å². The van der Waals surface area contributed by atoms with Crippen molar-refractivity contribution in [1.29, 1.82) is 0 Å². The van der Waals surface area contributed by atoms with Gasteiger partial charge in [0.05, 0.1) is 10.5 Å². The van der Waals surface area contributed by atoms with Gasteiger partial charge in [0.2, 0.25) is 11.6 Å². The highest BCUT2D eigenvalue weighted by atomic mass is 16.6. The number of nitrogen functional groups attached to an aromatic ring is 1. The van der Waals surface area contributed by atoms with E-state index in [2.05, 4.69) is 20.7 Å². The predicted octanol–water partition coefficient (Wildman–Crippen LogP) is -0.00270. The first-order valence-corrected chi connectivity index (χ1v) is 5.48. The van der Waals surface area contributed by atoms with Crippen LogP contribution in [0.2, 0.25) is 0 Å². The lowest BCUT2D eigenvalue weighted by Gasteiger charge is -2.36. The summed E-state index contributed by atoms with van der Waals surface area (Å²) in [7, 11) is 0. The first-order chi connectivity index (χ1) is 8.56. The number of rotatable bonds is 5. The summed E-state index contributed by atoms with van der Waals surface area (Å²) in [4.78, 5) is 17.8. The number of hydrazine groups is 1. The molecular weight excluding hydrogens is 240 g/mol. The largest absolute Gasteiger partial charge is 0.388 e. The Morgan fingerprint density at radius 3 is 2.67 bits per heavy atom. The molecule has 1 aromatic heterocycles. The number of nitrogens with one attached hydrogen (secondary N) is 2. The molecule has 0 atom stereocenters. The molecule has 1 aliphatic carbocycles. The molecule has 9 heteroatoms. The van der Waals surface area contributed by atoms with Crippen LogP contribution in [0.1, 0.15) is 19.3 Å². The molecule has 18 heavy (non-hydrogen) atoms. The number of nitrogens with two attached hydrogens (primary N) is 1. The zero-order valence-electron chi connectivity index (χ0n) is 9.59. The fourth-order valence-electron chi connectivity index (χ4n) is 1.80. The minimum absolute atomic E-state index is 0.0447. The van der Waals surface area contributed by atoms with Gasteiger partial charge in [0.15, 0.2) is 0 Å². The van der Waals surface area contributed by atoms with E-state index in [9.17, 15) is 15.2 Å². The van der Waals surface area contributed by atoms with Crippen molar-refractivity contribution < 1.29 is 10.0 Å². The summed E-state index contributed by atoms with van der Waals surface area (Å²) in [6.07, 6.45) is 3.48. The van der Waals surface area contributed by atoms with E-state index < -0.39 is 10.5 Å². The monoisotopic (exact) mass is 254 g/mol. The Kier molecular flexibility index (Phi) is 3.26. The van der Waals surface area contributed by atoms with Crippen molar-refractivity contribution in [2.45, 2.75) is 24.9 Å². The molecule has 1 fully saturated rings. The van der Waals surface area contributed by atoms with Crippen LogP contribution in [0, 0.1) is 10.1 Å². The third-order valence-electron chi connectivity index (χ3n) is 3.01. The molecule has 2 rings (SSSR count). The van der Waals surface area contributed by atoms with E-state index in [0.717, 1.165) is 12.7 Å². The summed E-state index contributed by atoms with van der Waals surface area (Å²) in [6, 6.07) is 0. The fraction of sp³-hybridized carbons (Fsp3) is 0.556. The van der Waals surface area contributed by atoms with Crippen molar-refractivity contribution >= 4 is 17.3 Å². The first-order valence-electron chi connectivity index (χ1n) is 5.48. The molecular formula is C9H14N6O3. The van der Waals surface area contributed by atoms with Gasteiger partial charge in [0.1, 0.15) is 6.33 Å². The molecule has 0 unspecified atom stereocenters. The van der Waals surface area contributed by atoms with E-state index in [4.69, 9.17) is 5.84 Å². The van der Waals surface area contributed by atoms with E-state index in [0.29, 0.717) is 12.8 Å². The van der Waals surface area contributed by atoms with Crippen LogP contribution in [0.3, 0.4) is 0 Å². The second-order valence-corrected chi connectivity index (χ2v) is 4.25. The molecule has 0 radical (unpaired) electrons. The van der Waals surface area contributed by atoms with Gasteiger partial charge in [-0.25, -0.2) is 15.8 Å². The molecule has 1 heterocycles. The van der Waals surface area contributed by atoms with Crippen LogP contribution in [0.4, 0.5) is 17.3 Å². The highest BCUT2D eigenvalue weighted by Gasteiger charge is 2.35. The van der Waals surface area contributed by atoms with Crippen molar-refractivity contribution in [2.75, 3.05) is 17.3 Å². The average molecular weight is 254 g/mol. The van der Waals surface area contributed by atoms with Gasteiger partial charge in [0, 0.05) is 6.54 Å². The Balaban J connectivity index is 2.18. The first kappa shape index (κ1) is 12.5. The van der Waals surface area contributed by atoms with Gasteiger partial charge < -0.3 is 15.8 Å². The lowest BCUT2D eigenvalue weighted by atomic mass is 9.80. The molecule has 0 aliphatic heterocycles. The summed E-state index contributed by atoms with van der Waals surface area (Å²) >= 11 is 0. The van der Waals surface area contributed by atoms with Crippen LogP contribution in [-0.2, 0) is 0 Å². The van der Waals surface area contributed by atoms with Gasteiger partial charge in [-0.1, -0.05) is 0 Å². The molecule has 1 aliphatic rings. The fourth-order valence-corrected chi connectivity index (χ4v) is 1.80. The molecule has 0 aromatic carbocycles. The number of aliphatic hydroxyl groups is 1. The van der Waals surface area contributed by atoms with Crippen molar-refractivity contribution in [1.82, 2.24) is 9.97 Å². The summed E-state index contributed by atoms with van der Waals surface area (Å²) in [5, 5.41) is 23.6. The van der Waals surface area contributed by atoms with E-state index in [1.165, 1.54) is 0 Å². The minimum atomic E-state index is -0.797. The normalized spacial score (nSPS) is 16.8. The van der Waals surface area contributed by atoms with E-state index in [1.54, 1.807) is 0 Å². The van der Waals surface area contributed by atoms with Gasteiger partial charge in [-0.2, -0.15) is 0 Å². The quantitative estimate of drug-likeness (QED) is 0.327. The Bertz CT molecular complexity index is 462. The Morgan fingerprint density at radius 1 is 1.50 bits per heavy atom. The average Bonchev–Trinajstić information content (AvgIpc) is 2.33. The van der Waals surface area contributed by atoms with Crippen molar-refractivity contribution in [3.8, 4) is 0 Å². The molecule has 0 spiro atoms. The predicted molar refractivity (Wildman–Crippen MR) is 63.8 cm³/mol. The van der Waals surface area contributed by atoms with Gasteiger partial charge in [-0.15, -0.1) is 0 Å². The summed E-state index contributed by atoms with van der Waals surface area (Å²) < 4.78 is 0. The SMILES string of the molecule is NNc1ncnc(NCC2(O)CCC2)c1[N+](=O)[O-]. The number of aromatic nitrogens is 2. The summed E-state index contributed by atoms with van der Waals surface area (Å²) in [6.45, 7) is 0.217. The lowest BCUT2D eigenvalue weighted by molar-refractivity contribution is -0.383. The van der Waals surface area contributed by atoms with Gasteiger partial charge in [0.25, 0.3) is 0 Å². The highest BCUT2D eigenvalue weighted by molar-refractivity contribution is 5.68. The maximum atomic E-state index is 10.9. The smallest absolute Gasteiger partial charge is 0.354 e. The van der Waals surface area contributed by atoms with Crippen LogP contribution in [0.15, 0.2) is 6.33 Å². The number of nitro groups is 1. The standard InChI is InChI=1S/C9H14N6O3/c10-14-8-6(15(17)18)7(12-5-13-8)11-4-9(16)2-1-3-9/h5,16H,1-4,10H2,(H2,11,12,13,14). The maximum absolute atomic E-state index is 10.9. The van der Waals surface area contributed by atoms with Crippen LogP contribution in [0.25, 0.3) is 0 Å². The Hall–Kier alpha value is -2.00. The van der Waals surface area contributed by atoms with E-state index in [1.807, 2.05) is 0 Å². The van der Waals surface area contributed by atoms with Crippen LogP contribution in [0.5, 0.6) is 0 Å². The second-order valence-electron chi connectivity index (χ2n) is 4.25. The highest BCUT2D eigenvalue weighted by Crippen LogP contribution is 2.33. The van der Waals surface area contributed by atoms with E-state index >= 15 is 0 Å². The molecule has 0 saturated heterocycles. The third-order valence-corrected chi connectivity index (χ3v) is 3.01. The molecule has 0 amide bonds. The van der Waals surface area contributed by atoms with Crippen LogP contribution >= 0.6 is 0 Å². The van der Waals surface area contributed by atoms with Crippen molar-refractivity contribution in [3.05, 3.63) is 16.4 Å². The number of nitrogens with zero attached hydrogens (tertiary/aromatic N) is 3. The Morgan fingerprint density at radius 2 is 2.17 bits per heavy atom. The minimum Gasteiger partial charge on any atom is -0.388 e. The summed E-state index contributed by atoms with van der Waals surface area (Å²) in [5.41, 5.74) is 1.02. The van der Waals surface area contributed by atoms with Crippen LogP contribution < -0.4 is 16.6 Å². The van der Waals surface area contributed by atoms with Crippen molar-refractivity contribution in [2.24, 2.45) is 5.84 Å². The molecule has 1 saturated carbocycles. The van der Waals surface area contributed by atoms with E-state index in [-0.39, 0.29) is 23.9 Å². The number of anilines is 2.